The number of pyridine rings is 2. The second-order valence-corrected chi connectivity index (χ2v) is 21.2. The predicted octanol–water partition coefficient (Wildman–Crippen LogP) is 9.78. The molecule has 3 aliphatic rings. The van der Waals surface area contributed by atoms with E-state index in [1.165, 1.54) is 88.9 Å². The van der Waals surface area contributed by atoms with E-state index in [1.807, 2.05) is 0 Å². The highest BCUT2D eigenvalue weighted by atomic mass is 28.3. The molecule has 0 bridgehead atoms. The van der Waals surface area contributed by atoms with E-state index in [0.717, 1.165) is 31.1 Å². The molecule has 2 atom stereocenters. The molecule has 3 aromatic carbocycles. The number of rotatable bonds is 5. The van der Waals surface area contributed by atoms with Crippen LogP contribution in [0.4, 0.5) is 0 Å². The smallest absolute Gasteiger partial charge is 0.213 e. The molecule has 2 aliphatic heterocycles. The quantitative estimate of drug-likeness (QED) is 0.103. The fourth-order valence-corrected chi connectivity index (χ4v) is 11.0. The highest BCUT2D eigenvalue weighted by Gasteiger charge is 2.44. The van der Waals surface area contributed by atoms with Gasteiger partial charge in [-0.2, -0.15) is 9.13 Å². The SMILES string of the molecule is C=C1C[n+]2cc(-c3ccccc3)ccc2-c2cc(OC)ccc2CCC2c3ccccc3-c3cc(CC4CCCCC4)c([Si](C)(C)C)c[n+]3C12. The number of fused-ring (bicyclic) bond motifs is 9. The first-order valence-electron chi connectivity index (χ1n) is 18.9. The lowest BCUT2D eigenvalue weighted by molar-refractivity contribution is -0.722. The summed E-state index contributed by atoms with van der Waals surface area (Å²) in [4.78, 5) is 0. The molecule has 0 spiro atoms. The molecule has 0 N–H and O–H groups in total. The zero-order valence-corrected chi connectivity index (χ0v) is 31.4. The summed E-state index contributed by atoms with van der Waals surface area (Å²) < 4.78 is 10.9. The number of allylic oxidation sites excluding steroid dienone is 1. The van der Waals surface area contributed by atoms with Gasteiger partial charge in [-0.05, 0) is 71.7 Å². The van der Waals surface area contributed by atoms with Crippen LogP contribution in [0.15, 0.2) is 116 Å². The topological polar surface area (TPSA) is 17.0 Å². The Morgan fingerprint density at radius 1 is 0.760 bits per heavy atom. The van der Waals surface area contributed by atoms with Crippen LogP contribution in [0.5, 0.6) is 5.75 Å². The van der Waals surface area contributed by atoms with Gasteiger partial charge >= 0.3 is 0 Å². The summed E-state index contributed by atoms with van der Waals surface area (Å²) in [5.41, 5.74) is 13.4. The van der Waals surface area contributed by atoms with Gasteiger partial charge in [0.05, 0.1) is 32.2 Å². The molecular formula is C46H52N2OSi+2. The number of hydrogen-bond acceptors (Lipinski definition) is 1. The second kappa shape index (κ2) is 13.4. The number of hydrogen-bond donors (Lipinski definition) is 0. The van der Waals surface area contributed by atoms with Crippen molar-refractivity contribution in [1.29, 1.82) is 0 Å². The zero-order chi connectivity index (χ0) is 34.4. The molecule has 3 nitrogen and oxygen atoms in total. The molecule has 0 saturated heterocycles. The fourth-order valence-electron chi connectivity index (χ4n) is 9.30. The lowest BCUT2D eigenvalue weighted by Crippen LogP contribution is -2.55. The molecule has 1 fully saturated rings. The van der Waals surface area contributed by atoms with Crippen molar-refractivity contribution in [3.05, 3.63) is 132 Å². The van der Waals surface area contributed by atoms with Gasteiger partial charge in [-0.15, -0.1) is 0 Å². The number of nitrogens with zero attached hydrogens (tertiary/aromatic N) is 2. The van der Waals surface area contributed by atoms with Crippen molar-refractivity contribution < 1.29 is 13.9 Å². The number of ether oxygens (including phenoxy) is 1. The summed E-state index contributed by atoms with van der Waals surface area (Å²) in [6.45, 7) is 13.4. The van der Waals surface area contributed by atoms with E-state index in [9.17, 15) is 0 Å². The van der Waals surface area contributed by atoms with Gasteiger partial charge in [-0.25, -0.2) is 0 Å². The van der Waals surface area contributed by atoms with Crippen molar-refractivity contribution >= 4 is 13.3 Å². The second-order valence-electron chi connectivity index (χ2n) is 16.1. The van der Waals surface area contributed by atoms with Crippen LogP contribution in [-0.4, -0.2) is 15.2 Å². The van der Waals surface area contributed by atoms with Gasteiger partial charge in [0.1, 0.15) is 5.75 Å². The largest absolute Gasteiger partial charge is 0.497 e. The minimum atomic E-state index is -1.66. The molecule has 0 amide bonds. The molecule has 2 unspecified atom stereocenters. The molecule has 50 heavy (non-hydrogen) atoms. The Labute approximate surface area is 300 Å². The van der Waals surface area contributed by atoms with E-state index in [1.54, 1.807) is 17.9 Å². The van der Waals surface area contributed by atoms with Crippen molar-refractivity contribution in [3.8, 4) is 39.4 Å². The van der Waals surface area contributed by atoms with Crippen LogP contribution in [0.3, 0.4) is 0 Å². The number of benzene rings is 3. The minimum absolute atomic E-state index is 0.166. The standard InChI is InChI=1S/C46H52N2OSi/c1-32-29-47-30-36(34-16-10-7-11-17-34)22-25-43(47)42-28-38(49-2)23-20-35(42)21-24-41-39-18-12-13-19-40(39)44-27-37(26-33-14-8-6-9-15-33)45(50(3,4)5)31-48(44)46(32)41/h7,10-13,16-20,22-23,25,27-28,30-31,33,41,46H,1,6,8-9,14-15,21,24,26,29H2,2-5H3/q+2. The number of aryl methyl sites for hydroxylation is 1. The Morgan fingerprint density at radius 3 is 2.32 bits per heavy atom. The fraction of sp³-hybridized carbons (Fsp3) is 0.348. The summed E-state index contributed by atoms with van der Waals surface area (Å²) in [5.74, 6) is 2.03. The van der Waals surface area contributed by atoms with E-state index >= 15 is 0 Å². The summed E-state index contributed by atoms with van der Waals surface area (Å²) >= 11 is 0. The van der Waals surface area contributed by atoms with Crippen molar-refractivity contribution in [1.82, 2.24) is 0 Å². The Bertz CT molecular complexity index is 2050. The molecule has 0 radical (unpaired) electrons. The average Bonchev–Trinajstić information content (AvgIpc) is 3.13. The van der Waals surface area contributed by atoms with Gasteiger partial charge in [0.2, 0.25) is 11.4 Å². The van der Waals surface area contributed by atoms with Crippen LogP contribution in [0.1, 0.15) is 67.2 Å². The van der Waals surface area contributed by atoms with Crippen molar-refractivity contribution in [2.75, 3.05) is 7.11 Å². The number of methoxy groups -OCH3 is 1. The maximum Gasteiger partial charge on any atom is 0.213 e. The van der Waals surface area contributed by atoms with E-state index < -0.39 is 8.07 Å². The number of aromatic nitrogens is 2. The van der Waals surface area contributed by atoms with Crippen LogP contribution in [0.25, 0.3) is 33.6 Å². The molecule has 8 rings (SSSR count). The van der Waals surface area contributed by atoms with Crippen LogP contribution in [0, 0.1) is 5.92 Å². The van der Waals surface area contributed by atoms with E-state index in [-0.39, 0.29) is 6.04 Å². The van der Waals surface area contributed by atoms with Crippen molar-refractivity contribution in [2.45, 2.75) is 89.5 Å². The van der Waals surface area contributed by atoms with E-state index in [4.69, 9.17) is 11.3 Å². The molecular weight excluding hydrogens is 625 g/mol. The van der Waals surface area contributed by atoms with Gasteiger partial charge in [0, 0.05) is 28.4 Å². The van der Waals surface area contributed by atoms with Gasteiger partial charge in [-0.1, -0.05) is 113 Å². The monoisotopic (exact) mass is 676 g/mol. The molecule has 1 aliphatic carbocycles. The highest BCUT2D eigenvalue weighted by Crippen LogP contribution is 2.45. The molecule has 254 valence electrons. The van der Waals surface area contributed by atoms with Crippen LogP contribution in [0.2, 0.25) is 19.6 Å². The van der Waals surface area contributed by atoms with Gasteiger partial charge < -0.3 is 4.74 Å². The van der Waals surface area contributed by atoms with Crippen LogP contribution in [-0.2, 0) is 19.4 Å². The lowest BCUT2D eigenvalue weighted by atomic mass is 9.76. The van der Waals surface area contributed by atoms with Crippen LogP contribution >= 0.6 is 0 Å². The molecule has 4 heteroatoms. The summed E-state index contributed by atoms with van der Waals surface area (Å²) in [5, 5.41) is 1.63. The normalized spacial score (nSPS) is 19.0. The summed E-state index contributed by atoms with van der Waals surface area (Å²) in [6.07, 6.45) is 15.2. The van der Waals surface area contributed by atoms with Gasteiger partial charge in [0.15, 0.2) is 25.0 Å². The minimum Gasteiger partial charge on any atom is -0.497 e. The molecule has 2 aromatic heterocycles. The van der Waals surface area contributed by atoms with Crippen molar-refractivity contribution in [2.24, 2.45) is 5.92 Å². The first-order chi connectivity index (χ1) is 24.3. The summed E-state index contributed by atoms with van der Waals surface area (Å²) in [7, 11) is 0.109. The van der Waals surface area contributed by atoms with Crippen LogP contribution < -0.4 is 19.1 Å². The first kappa shape index (κ1) is 32.9. The molecule has 1 saturated carbocycles. The molecule has 5 aromatic rings. The Balaban J connectivity index is 1.31. The lowest BCUT2D eigenvalue weighted by Gasteiger charge is -2.34. The maximum absolute atomic E-state index is 5.78. The average molecular weight is 677 g/mol. The Kier molecular flexibility index (Phi) is 8.85. The van der Waals surface area contributed by atoms with E-state index in [0.29, 0.717) is 5.92 Å². The van der Waals surface area contributed by atoms with Crippen molar-refractivity contribution in [3.63, 3.8) is 0 Å². The third kappa shape index (κ3) is 6.17. The highest BCUT2D eigenvalue weighted by molar-refractivity contribution is 6.89. The Hall–Kier alpha value is -4.28. The Morgan fingerprint density at radius 2 is 1.54 bits per heavy atom. The van der Waals surface area contributed by atoms with E-state index in [2.05, 4.69) is 132 Å². The van der Waals surface area contributed by atoms with Gasteiger partial charge in [-0.3, -0.25) is 0 Å². The summed E-state index contributed by atoms with van der Waals surface area (Å²) in [6, 6.07) is 34.1. The third-order valence-corrected chi connectivity index (χ3v) is 13.9. The maximum atomic E-state index is 5.78. The third-order valence-electron chi connectivity index (χ3n) is 11.8. The predicted molar refractivity (Wildman–Crippen MR) is 209 cm³/mol. The first-order valence-corrected chi connectivity index (χ1v) is 22.4. The zero-order valence-electron chi connectivity index (χ0n) is 30.4. The van der Waals surface area contributed by atoms with Gasteiger partial charge in [0.25, 0.3) is 0 Å². The molecule has 4 heterocycles.